The minimum Gasteiger partial charge on any atom is -0.475 e. The molecule has 0 bridgehead atoms. The van der Waals surface area contributed by atoms with Gasteiger partial charge in [-0.25, -0.2) is 4.79 Å². The van der Waals surface area contributed by atoms with Crippen LogP contribution >= 0.6 is 0 Å². The van der Waals surface area contributed by atoms with Crippen molar-refractivity contribution in [3.05, 3.63) is 35.6 Å². The first kappa shape index (κ1) is 14.6. The van der Waals surface area contributed by atoms with Crippen LogP contribution in [-0.4, -0.2) is 17.1 Å². The molecule has 0 aliphatic carbocycles. The molecule has 0 fully saturated rings. The number of carboxylic acids is 1. The van der Waals surface area contributed by atoms with Crippen LogP contribution in [0.5, 0.6) is 0 Å². The summed E-state index contributed by atoms with van der Waals surface area (Å²) < 4.78 is 5.25. The number of aromatic carboxylic acids is 1. The fraction of sp³-hybridized carbons (Fsp3) is 0.438. The molecular weight excluding hydrogens is 254 g/mol. The van der Waals surface area contributed by atoms with Gasteiger partial charge in [-0.3, -0.25) is 0 Å². The number of benzene rings is 1. The van der Waals surface area contributed by atoms with Gasteiger partial charge in [0.05, 0.1) is 0 Å². The average Bonchev–Trinajstić information content (AvgIpc) is 2.86. The molecule has 1 heterocycles. The Morgan fingerprint density at radius 2 is 2.15 bits per heavy atom. The Morgan fingerprint density at radius 1 is 1.35 bits per heavy atom. The lowest BCUT2D eigenvalue weighted by Gasteiger charge is -2.15. The van der Waals surface area contributed by atoms with Crippen molar-refractivity contribution in [3.8, 4) is 0 Å². The first-order valence-corrected chi connectivity index (χ1v) is 7.13. The monoisotopic (exact) mass is 275 g/mol. The third-order valence-corrected chi connectivity index (χ3v) is 3.52. The number of furan rings is 1. The van der Waals surface area contributed by atoms with Gasteiger partial charge in [0.1, 0.15) is 5.58 Å². The lowest BCUT2D eigenvalue weighted by atomic mass is 10.1. The fourth-order valence-corrected chi connectivity index (χ4v) is 2.37. The van der Waals surface area contributed by atoms with Gasteiger partial charge < -0.3 is 14.8 Å². The van der Waals surface area contributed by atoms with E-state index in [9.17, 15) is 4.79 Å². The summed E-state index contributed by atoms with van der Waals surface area (Å²) >= 11 is 0. The van der Waals surface area contributed by atoms with E-state index in [0.29, 0.717) is 11.6 Å². The molecule has 0 saturated heterocycles. The minimum absolute atomic E-state index is 0.0115. The van der Waals surface area contributed by atoms with Crippen LogP contribution in [0.25, 0.3) is 11.0 Å². The number of nitrogens with one attached hydrogen (secondary N) is 1. The van der Waals surface area contributed by atoms with E-state index in [1.165, 1.54) is 12.8 Å². The Bertz CT molecular complexity index is 588. The summed E-state index contributed by atoms with van der Waals surface area (Å²) in [4.78, 5) is 10.9. The van der Waals surface area contributed by atoms with E-state index < -0.39 is 5.97 Å². The summed E-state index contributed by atoms with van der Waals surface area (Å²) in [5, 5.41) is 13.3. The summed E-state index contributed by atoms with van der Waals surface area (Å²) in [6.45, 7) is 5.17. The molecule has 1 aromatic heterocycles. The van der Waals surface area contributed by atoms with Gasteiger partial charge in [-0.05, 0) is 36.6 Å². The van der Waals surface area contributed by atoms with E-state index in [2.05, 4.69) is 19.2 Å². The van der Waals surface area contributed by atoms with Crippen LogP contribution in [0, 0.1) is 0 Å². The Hall–Kier alpha value is -1.81. The molecular formula is C16H21NO3. The van der Waals surface area contributed by atoms with E-state index in [1.807, 2.05) is 18.2 Å². The third kappa shape index (κ3) is 3.39. The van der Waals surface area contributed by atoms with Crippen molar-refractivity contribution in [2.75, 3.05) is 0 Å². The van der Waals surface area contributed by atoms with Crippen LogP contribution in [0.1, 0.15) is 49.2 Å². The van der Waals surface area contributed by atoms with Crippen molar-refractivity contribution in [2.45, 2.75) is 45.7 Å². The largest absolute Gasteiger partial charge is 0.475 e. The highest BCUT2D eigenvalue weighted by Crippen LogP contribution is 2.21. The van der Waals surface area contributed by atoms with Gasteiger partial charge in [-0.15, -0.1) is 0 Å². The SMILES string of the molecule is CCCC(CC)NCc1ccc2oc(C(=O)O)cc2c1. The van der Waals surface area contributed by atoms with Gasteiger partial charge in [-0.1, -0.05) is 26.3 Å². The number of carboxylic acid groups (broad SMARTS) is 1. The summed E-state index contributed by atoms with van der Waals surface area (Å²) in [7, 11) is 0. The van der Waals surface area contributed by atoms with Gasteiger partial charge in [0, 0.05) is 18.0 Å². The molecule has 0 aliphatic rings. The van der Waals surface area contributed by atoms with Gasteiger partial charge in [0.25, 0.3) is 0 Å². The second-order valence-corrected chi connectivity index (χ2v) is 5.06. The lowest BCUT2D eigenvalue weighted by molar-refractivity contribution is 0.0665. The third-order valence-electron chi connectivity index (χ3n) is 3.52. The van der Waals surface area contributed by atoms with Crippen molar-refractivity contribution in [3.63, 3.8) is 0 Å². The lowest BCUT2D eigenvalue weighted by Crippen LogP contribution is -2.27. The molecule has 2 aromatic rings. The zero-order chi connectivity index (χ0) is 14.5. The summed E-state index contributed by atoms with van der Waals surface area (Å²) in [6, 6.07) is 7.90. The topological polar surface area (TPSA) is 62.5 Å². The van der Waals surface area contributed by atoms with Crippen LogP contribution in [0.4, 0.5) is 0 Å². The molecule has 4 nitrogen and oxygen atoms in total. The molecule has 0 amide bonds. The fourth-order valence-electron chi connectivity index (χ4n) is 2.37. The molecule has 0 saturated carbocycles. The molecule has 1 aromatic carbocycles. The second-order valence-electron chi connectivity index (χ2n) is 5.06. The van der Waals surface area contributed by atoms with Crippen LogP contribution in [0.3, 0.4) is 0 Å². The zero-order valence-corrected chi connectivity index (χ0v) is 12.0. The highest BCUT2D eigenvalue weighted by molar-refractivity contribution is 5.91. The molecule has 4 heteroatoms. The molecule has 0 spiro atoms. The van der Waals surface area contributed by atoms with E-state index in [0.717, 1.165) is 23.9 Å². The van der Waals surface area contributed by atoms with Crippen LogP contribution in [0.15, 0.2) is 28.7 Å². The molecule has 108 valence electrons. The first-order valence-electron chi connectivity index (χ1n) is 7.13. The molecule has 0 aliphatic heterocycles. The summed E-state index contributed by atoms with van der Waals surface area (Å²) in [5.41, 5.74) is 1.76. The Morgan fingerprint density at radius 3 is 2.80 bits per heavy atom. The smallest absolute Gasteiger partial charge is 0.371 e. The second kappa shape index (κ2) is 6.57. The molecule has 1 atom stereocenters. The number of carbonyl (C=O) groups is 1. The first-order chi connectivity index (χ1) is 9.63. The Labute approximate surface area is 118 Å². The normalized spacial score (nSPS) is 12.7. The summed E-state index contributed by atoms with van der Waals surface area (Å²) in [5.74, 6) is -1.04. The van der Waals surface area contributed by atoms with Gasteiger partial charge in [0.2, 0.25) is 5.76 Å². The van der Waals surface area contributed by atoms with E-state index >= 15 is 0 Å². The molecule has 0 radical (unpaired) electrons. The molecule has 1 unspecified atom stereocenters. The molecule has 2 rings (SSSR count). The Kier molecular flexibility index (Phi) is 4.79. The zero-order valence-electron chi connectivity index (χ0n) is 12.0. The van der Waals surface area contributed by atoms with Crippen LogP contribution < -0.4 is 5.32 Å². The number of rotatable bonds is 7. The van der Waals surface area contributed by atoms with Crippen molar-refractivity contribution < 1.29 is 14.3 Å². The maximum Gasteiger partial charge on any atom is 0.371 e. The van der Waals surface area contributed by atoms with Crippen molar-refractivity contribution >= 4 is 16.9 Å². The van der Waals surface area contributed by atoms with E-state index in [-0.39, 0.29) is 5.76 Å². The van der Waals surface area contributed by atoms with Crippen molar-refractivity contribution in [1.29, 1.82) is 0 Å². The van der Waals surface area contributed by atoms with Crippen molar-refractivity contribution in [2.24, 2.45) is 0 Å². The highest BCUT2D eigenvalue weighted by Gasteiger charge is 2.11. The predicted octanol–water partition coefficient (Wildman–Crippen LogP) is 3.80. The standard InChI is InChI=1S/C16H21NO3/c1-3-5-13(4-2)17-10-11-6-7-14-12(8-11)9-15(20-14)16(18)19/h6-9,13,17H,3-5,10H2,1-2H3,(H,18,19). The summed E-state index contributed by atoms with van der Waals surface area (Å²) in [6.07, 6.45) is 3.47. The van der Waals surface area contributed by atoms with Crippen LogP contribution in [-0.2, 0) is 6.54 Å². The van der Waals surface area contributed by atoms with E-state index in [4.69, 9.17) is 9.52 Å². The molecule has 20 heavy (non-hydrogen) atoms. The van der Waals surface area contributed by atoms with E-state index in [1.54, 1.807) is 6.07 Å². The Balaban J connectivity index is 2.09. The maximum absolute atomic E-state index is 10.9. The minimum atomic E-state index is -1.03. The predicted molar refractivity (Wildman–Crippen MR) is 79.0 cm³/mol. The number of fused-ring (bicyclic) bond motifs is 1. The molecule has 2 N–H and O–H groups in total. The number of hydrogen-bond donors (Lipinski definition) is 2. The van der Waals surface area contributed by atoms with Crippen LogP contribution in [0.2, 0.25) is 0 Å². The highest BCUT2D eigenvalue weighted by atomic mass is 16.4. The van der Waals surface area contributed by atoms with Gasteiger partial charge in [-0.2, -0.15) is 0 Å². The van der Waals surface area contributed by atoms with Gasteiger partial charge >= 0.3 is 5.97 Å². The quantitative estimate of drug-likeness (QED) is 0.806. The average molecular weight is 275 g/mol. The van der Waals surface area contributed by atoms with Crippen molar-refractivity contribution in [1.82, 2.24) is 5.32 Å². The maximum atomic E-state index is 10.9. The number of hydrogen-bond acceptors (Lipinski definition) is 3. The van der Waals surface area contributed by atoms with Gasteiger partial charge in [0.15, 0.2) is 0 Å².